The zero-order valence-corrected chi connectivity index (χ0v) is 43.6. The number of Topliss-reactive ketones (excluding diaryl/α,β-unsaturated/α-hetero) is 1. The molecule has 0 aromatic rings. The fourth-order valence-corrected chi connectivity index (χ4v) is 11.3. The number of hydrogen-bond donors (Lipinski definition) is 6. The number of nitrogens with zero attached hydrogens (tertiary/aromatic N) is 1. The van der Waals surface area contributed by atoms with E-state index in [0.29, 0.717) is 19.3 Å². The highest BCUT2D eigenvalue weighted by molar-refractivity contribution is 5.85. The van der Waals surface area contributed by atoms with Gasteiger partial charge in [-0.15, -0.1) is 0 Å². The summed E-state index contributed by atoms with van der Waals surface area (Å²) in [6.07, 6.45) is -2.16. The Kier molecular flexibility index (Phi) is 22.7. The summed E-state index contributed by atoms with van der Waals surface area (Å²) in [5.74, 6) is -7.62. The second-order valence-electron chi connectivity index (χ2n) is 21.8. The van der Waals surface area contributed by atoms with Crippen molar-refractivity contribution in [2.45, 2.75) is 257 Å². The van der Waals surface area contributed by atoms with E-state index >= 15 is 4.79 Å². The van der Waals surface area contributed by atoms with Crippen LogP contribution < -0.4 is 0 Å². The molecule has 19 atom stereocenters. The van der Waals surface area contributed by atoms with Gasteiger partial charge >= 0.3 is 11.9 Å². The third kappa shape index (κ3) is 14.4. The topological polar surface area (TPSA) is 231 Å². The predicted octanol–water partition coefficient (Wildman–Crippen LogP) is 6.17. The van der Waals surface area contributed by atoms with Gasteiger partial charge in [-0.3, -0.25) is 14.4 Å². The minimum Gasteiger partial charge on any atom is -0.481 e. The van der Waals surface area contributed by atoms with Gasteiger partial charge in [0, 0.05) is 37.3 Å². The highest BCUT2D eigenvalue weighted by atomic mass is 16.7. The number of esters is 1. The SMILES string of the molecule is CCCCCCCCCCCCC(C(=O)O)[C@]1(C)C(=O)O[C@H](CC)[C@@](C)(O)[C@H](O)[C@@H](C)C(=O)[C@H](C)C[C@@](C)(O)[C@H](OC2O[C@@H](C)C[C@@H](N(C)C)[C@@H]2O)[C@@H](C)[C@@H]1OC1C[C@@](C)(OC)[C@@H](O)[C@H](C)O1. The van der Waals surface area contributed by atoms with Crippen molar-refractivity contribution < 1.29 is 73.4 Å². The van der Waals surface area contributed by atoms with E-state index in [9.17, 15) is 40.2 Å². The average Bonchev–Trinajstić information content (AvgIpc) is 3.26. The molecule has 3 aliphatic heterocycles. The number of aliphatic hydroxyl groups is 5. The summed E-state index contributed by atoms with van der Waals surface area (Å²) in [7, 11) is 5.10. The van der Waals surface area contributed by atoms with Gasteiger partial charge in [-0.05, 0) is 81.3 Å². The number of likely N-dealkylation sites (N-methyl/N-ethyl adjacent to an activating group) is 1. The third-order valence-electron chi connectivity index (χ3n) is 15.8. The van der Waals surface area contributed by atoms with Crippen LogP contribution in [0.15, 0.2) is 0 Å². The quantitative estimate of drug-likeness (QED) is 0.0592. The first-order chi connectivity index (χ1) is 31.2. The summed E-state index contributed by atoms with van der Waals surface area (Å²) in [6, 6.07) is -0.422. The van der Waals surface area contributed by atoms with Crippen LogP contribution in [0.1, 0.15) is 172 Å². The Labute approximate surface area is 402 Å². The van der Waals surface area contributed by atoms with Gasteiger partial charge in [0.05, 0.1) is 47.6 Å². The summed E-state index contributed by atoms with van der Waals surface area (Å²) in [5.41, 5.74) is -7.54. The number of unbranched alkanes of at least 4 members (excludes halogenated alkanes) is 9. The van der Waals surface area contributed by atoms with Gasteiger partial charge in [-0.2, -0.15) is 0 Å². The maximum absolute atomic E-state index is 15.6. The minimum atomic E-state index is -2.19. The fourth-order valence-electron chi connectivity index (χ4n) is 11.3. The first-order valence-corrected chi connectivity index (χ1v) is 25.5. The Morgan fingerprint density at radius 2 is 1.37 bits per heavy atom. The van der Waals surface area contributed by atoms with E-state index in [4.69, 9.17) is 28.4 Å². The van der Waals surface area contributed by atoms with Gasteiger partial charge in [0.2, 0.25) is 0 Å². The van der Waals surface area contributed by atoms with Gasteiger partial charge in [0.25, 0.3) is 0 Å². The molecular formula is C51H93NO15. The van der Waals surface area contributed by atoms with E-state index in [2.05, 4.69) is 6.92 Å². The number of ketones is 1. The number of methoxy groups -OCH3 is 1. The molecular weight excluding hydrogens is 867 g/mol. The largest absolute Gasteiger partial charge is 0.481 e. The maximum atomic E-state index is 15.6. The second kappa shape index (κ2) is 25.5. The van der Waals surface area contributed by atoms with Crippen molar-refractivity contribution in [2.75, 3.05) is 21.2 Å². The number of aliphatic carboxylic acids is 1. The number of aliphatic hydroxyl groups excluding tert-OH is 3. The molecule has 0 bridgehead atoms. The van der Waals surface area contributed by atoms with Crippen LogP contribution in [0, 0.1) is 29.1 Å². The predicted molar refractivity (Wildman–Crippen MR) is 253 cm³/mol. The monoisotopic (exact) mass is 960 g/mol. The molecule has 0 radical (unpaired) electrons. The molecule has 3 unspecified atom stereocenters. The lowest BCUT2D eigenvalue weighted by Gasteiger charge is -2.52. The zero-order valence-electron chi connectivity index (χ0n) is 43.6. The van der Waals surface area contributed by atoms with Crippen LogP contribution in [0.3, 0.4) is 0 Å². The minimum absolute atomic E-state index is 0.0183. The Morgan fingerprint density at radius 3 is 1.90 bits per heavy atom. The molecule has 0 aromatic carbocycles. The van der Waals surface area contributed by atoms with Gasteiger partial charge in [-0.25, -0.2) is 0 Å². The lowest BCUT2D eigenvalue weighted by atomic mass is 9.64. The van der Waals surface area contributed by atoms with Gasteiger partial charge in [0.1, 0.15) is 35.1 Å². The summed E-state index contributed by atoms with van der Waals surface area (Å²) in [5, 5.41) is 71.1. The summed E-state index contributed by atoms with van der Waals surface area (Å²) in [4.78, 5) is 45.6. The Morgan fingerprint density at radius 1 is 0.806 bits per heavy atom. The van der Waals surface area contributed by atoms with Crippen LogP contribution in [-0.2, 0) is 42.8 Å². The Bertz CT molecular complexity index is 1540. The number of carboxylic acids is 1. The Hall–Kier alpha value is -1.83. The summed E-state index contributed by atoms with van der Waals surface area (Å²) >= 11 is 0. The molecule has 3 fully saturated rings. The standard InChI is InChI=1S/C51H93NO15/c1-15-17-18-19-20-21-22-23-24-25-26-35(45(57)58)50(10)44(66-38-29-49(9,62-14)42(56)34(7)64-38)33(6)43(67-46-40(54)36(52(12)13)27-31(4)63-46)48(8,60)28-30(3)39(53)32(5)41(55)51(11,61)37(16-2)65-47(50)59/h30-38,40-44,46,54-56,60-61H,15-29H2,1-14H3,(H,57,58)/t30-,31+,32+,33-,34+,35?,36-,37-,38?,40+,41-,42+,43-,44+,46?,48-,49-,50+,51-/m1/s1. The van der Waals surface area contributed by atoms with Crippen molar-refractivity contribution in [2.24, 2.45) is 29.1 Å². The molecule has 0 saturated carbocycles. The van der Waals surface area contributed by atoms with Crippen LogP contribution in [-0.4, -0.2) is 159 Å². The first-order valence-electron chi connectivity index (χ1n) is 25.5. The molecule has 392 valence electrons. The molecule has 67 heavy (non-hydrogen) atoms. The lowest BCUT2D eigenvalue weighted by Crippen LogP contribution is -2.64. The van der Waals surface area contributed by atoms with E-state index in [-0.39, 0.29) is 25.7 Å². The summed E-state index contributed by atoms with van der Waals surface area (Å²) in [6.45, 7) is 18.0. The average molecular weight is 960 g/mol. The number of carboxylic acid groups (broad SMARTS) is 1. The number of carbonyl (C=O) groups is 3. The molecule has 3 aliphatic rings. The highest BCUT2D eigenvalue weighted by Crippen LogP contribution is 2.48. The highest BCUT2D eigenvalue weighted by Gasteiger charge is 2.61. The molecule has 0 aliphatic carbocycles. The van der Waals surface area contributed by atoms with Crippen LogP contribution in [0.5, 0.6) is 0 Å². The normalized spacial score (nSPS) is 42.3. The molecule has 3 saturated heterocycles. The second-order valence-corrected chi connectivity index (χ2v) is 21.8. The van der Waals surface area contributed by atoms with Crippen molar-refractivity contribution >= 4 is 17.7 Å². The van der Waals surface area contributed by atoms with E-state index in [1.165, 1.54) is 60.5 Å². The number of rotatable bonds is 20. The molecule has 16 heteroatoms. The molecule has 3 heterocycles. The van der Waals surface area contributed by atoms with Crippen LogP contribution in [0.2, 0.25) is 0 Å². The van der Waals surface area contributed by atoms with E-state index < -0.39 is 131 Å². The number of carbonyl (C=O) groups excluding carboxylic acids is 2. The zero-order chi connectivity index (χ0) is 50.8. The van der Waals surface area contributed by atoms with Crippen molar-refractivity contribution in [3.05, 3.63) is 0 Å². The smallest absolute Gasteiger partial charge is 0.315 e. The van der Waals surface area contributed by atoms with E-state index in [1.807, 2.05) is 25.9 Å². The van der Waals surface area contributed by atoms with Crippen molar-refractivity contribution in [3.63, 3.8) is 0 Å². The van der Waals surface area contributed by atoms with Gasteiger partial charge in [-0.1, -0.05) is 98.8 Å². The van der Waals surface area contributed by atoms with Crippen molar-refractivity contribution in [1.82, 2.24) is 4.90 Å². The van der Waals surface area contributed by atoms with Crippen molar-refractivity contribution in [1.29, 1.82) is 0 Å². The van der Waals surface area contributed by atoms with E-state index in [0.717, 1.165) is 25.7 Å². The number of cyclic esters (lactones) is 1. The molecule has 3 rings (SSSR count). The molecule has 16 nitrogen and oxygen atoms in total. The summed E-state index contributed by atoms with van der Waals surface area (Å²) < 4.78 is 38.5. The maximum Gasteiger partial charge on any atom is 0.315 e. The van der Waals surface area contributed by atoms with Crippen LogP contribution in [0.25, 0.3) is 0 Å². The lowest BCUT2D eigenvalue weighted by molar-refractivity contribution is -0.325. The number of hydrogen-bond acceptors (Lipinski definition) is 15. The molecule has 0 aromatic heterocycles. The molecule has 6 N–H and O–H groups in total. The molecule has 0 spiro atoms. The Balaban J connectivity index is 2.35. The molecule has 0 amide bonds. The van der Waals surface area contributed by atoms with Crippen LogP contribution in [0.4, 0.5) is 0 Å². The van der Waals surface area contributed by atoms with Gasteiger partial charge < -0.3 is 64.0 Å². The first kappa shape index (κ1) is 59.5. The third-order valence-corrected chi connectivity index (χ3v) is 15.8. The number of ether oxygens (including phenoxy) is 6. The van der Waals surface area contributed by atoms with Crippen molar-refractivity contribution in [3.8, 4) is 0 Å². The van der Waals surface area contributed by atoms with E-state index in [1.54, 1.807) is 34.6 Å². The fraction of sp³-hybridized carbons (Fsp3) is 0.941. The van der Waals surface area contributed by atoms with Crippen LogP contribution >= 0.6 is 0 Å². The van der Waals surface area contributed by atoms with Gasteiger partial charge in [0.15, 0.2) is 12.6 Å².